The molecule has 6 nitrogen and oxygen atoms in total. The standard InChI is InChI=1S/C8H10N6S/c1-9-2-6-3-10-7(11-4-6)15-8-12-5-13-14-8/h3-5,9H,2H2,1H3,(H,12,13,14). The Morgan fingerprint density at radius 2 is 2.13 bits per heavy atom. The van der Waals surface area contributed by atoms with Crippen LogP contribution in [0.4, 0.5) is 0 Å². The topological polar surface area (TPSA) is 79.4 Å². The molecule has 0 aliphatic rings. The van der Waals surface area contributed by atoms with Crippen molar-refractivity contribution in [3.63, 3.8) is 0 Å². The minimum Gasteiger partial charge on any atom is -0.316 e. The van der Waals surface area contributed by atoms with E-state index in [9.17, 15) is 0 Å². The van der Waals surface area contributed by atoms with Crippen LogP contribution in [0.3, 0.4) is 0 Å². The molecule has 2 aromatic rings. The summed E-state index contributed by atoms with van der Waals surface area (Å²) in [6, 6.07) is 0. The predicted molar refractivity (Wildman–Crippen MR) is 55.3 cm³/mol. The quantitative estimate of drug-likeness (QED) is 0.732. The molecule has 0 fully saturated rings. The van der Waals surface area contributed by atoms with Gasteiger partial charge in [-0.3, -0.25) is 5.10 Å². The summed E-state index contributed by atoms with van der Waals surface area (Å²) in [6.07, 6.45) is 5.04. The van der Waals surface area contributed by atoms with E-state index in [1.807, 2.05) is 7.05 Å². The Morgan fingerprint density at radius 3 is 2.73 bits per heavy atom. The highest BCUT2D eigenvalue weighted by Gasteiger charge is 2.02. The van der Waals surface area contributed by atoms with E-state index in [1.165, 1.54) is 18.1 Å². The van der Waals surface area contributed by atoms with Crippen LogP contribution in [0.15, 0.2) is 29.0 Å². The maximum absolute atomic E-state index is 4.20. The normalized spacial score (nSPS) is 10.5. The lowest BCUT2D eigenvalue weighted by Crippen LogP contribution is -2.05. The third-order valence-electron chi connectivity index (χ3n) is 1.64. The van der Waals surface area contributed by atoms with Crippen LogP contribution in [-0.4, -0.2) is 32.2 Å². The van der Waals surface area contributed by atoms with Crippen molar-refractivity contribution in [2.75, 3.05) is 7.05 Å². The van der Waals surface area contributed by atoms with Gasteiger partial charge in [0.2, 0.25) is 0 Å². The van der Waals surface area contributed by atoms with Gasteiger partial charge in [-0.05, 0) is 18.8 Å². The molecule has 0 aliphatic heterocycles. The van der Waals surface area contributed by atoms with Crippen LogP contribution in [0.25, 0.3) is 0 Å². The zero-order valence-corrected chi connectivity index (χ0v) is 8.95. The number of nitrogens with one attached hydrogen (secondary N) is 2. The van der Waals surface area contributed by atoms with Crippen molar-refractivity contribution < 1.29 is 0 Å². The molecule has 2 rings (SSSR count). The van der Waals surface area contributed by atoms with Crippen molar-refractivity contribution in [1.82, 2.24) is 30.5 Å². The van der Waals surface area contributed by atoms with E-state index in [1.54, 1.807) is 12.4 Å². The Bertz CT molecular complexity index is 398. The first-order chi connectivity index (χ1) is 7.38. The molecule has 2 N–H and O–H groups in total. The molecule has 0 aliphatic carbocycles. The van der Waals surface area contributed by atoms with Gasteiger partial charge in [0, 0.05) is 24.5 Å². The van der Waals surface area contributed by atoms with Crippen molar-refractivity contribution in [3.05, 3.63) is 24.3 Å². The lowest BCUT2D eigenvalue weighted by atomic mass is 10.3. The second kappa shape index (κ2) is 4.85. The fraction of sp³-hybridized carbons (Fsp3) is 0.250. The number of aromatic amines is 1. The average molecular weight is 222 g/mol. The van der Waals surface area contributed by atoms with Crippen LogP contribution in [0, 0.1) is 0 Å². The molecule has 0 aromatic carbocycles. The summed E-state index contributed by atoms with van der Waals surface area (Å²) in [5.41, 5.74) is 1.06. The molecule has 7 heteroatoms. The van der Waals surface area contributed by atoms with E-state index in [-0.39, 0.29) is 0 Å². The van der Waals surface area contributed by atoms with Crippen LogP contribution >= 0.6 is 11.8 Å². The highest BCUT2D eigenvalue weighted by atomic mass is 32.2. The molecule has 2 heterocycles. The van der Waals surface area contributed by atoms with E-state index in [2.05, 4.69) is 30.5 Å². The van der Waals surface area contributed by atoms with Crippen molar-refractivity contribution in [2.45, 2.75) is 16.9 Å². The highest BCUT2D eigenvalue weighted by Crippen LogP contribution is 2.18. The zero-order chi connectivity index (χ0) is 10.5. The number of hydrogen-bond acceptors (Lipinski definition) is 6. The summed E-state index contributed by atoms with van der Waals surface area (Å²) in [7, 11) is 1.89. The molecular weight excluding hydrogens is 212 g/mol. The van der Waals surface area contributed by atoms with Crippen molar-refractivity contribution >= 4 is 11.8 Å². The summed E-state index contributed by atoms with van der Waals surface area (Å²) >= 11 is 1.35. The SMILES string of the molecule is CNCc1cnc(Sc2ncn[nH]2)nc1. The molecule has 0 saturated carbocycles. The van der Waals surface area contributed by atoms with Gasteiger partial charge < -0.3 is 5.32 Å². The van der Waals surface area contributed by atoms with Gasteiger partial charge in [0.15, 0.2) is 10.3 Å². The van der Waals surface area contributed by atoms with E-state index < -0.39 is 0 Å². The van der Waals surface area contributed by atoms with Crippen LogP contribution in [-0.2, 0) is 6.54 Å². The van der Waals surface area contributed by atoms with Gasteiger partial charge in [-0.15, -0.1) is 0 Å². The van der Waals surface area contributed by atoms with Crippen LogP contribution < -0.4 is 5.32 Å². The van der Waals surface area contributed by atoms with Gasteiger partial charge in [0.25, 0.3) is 0 Å². The average Bonchev–Trinajstić information content (AvgIpc) is 2.74. The van der Waals surface area contributed by atoms with Crippen LogP contribution in [0.2, 0.25) is 0 Å². The third kappa shape index (κ3) is 2.74. The summed E-state index contributed by atoms with van der Waals surface area (Å²) < 4.78 is 0. The summed E-state index contributed by atoms with van der Waals surface area (Å²) in [4.78, 5) is 12.4. The second-order valence-corrected chi connectivity index (χ2v) is 3.75. The summed E-state index contributed by atoms with van der Waals surface area (Å²) in [5, 5.41) is 10.9. The first kappa shape index (κ1) is 10.1. The Morgan fingerprint density at radius 1 is 1.33 bits per heavy atom. The Balaban J connectivity index is 2.04. The van der Waals surface area contributed by atoms with Gasteiger partial charge in [-0.1, -0.05) is 0 Å². The fourth-order valence-electron chi connectivity index (χ4n) is 1.02. The number of nitrogens with zero attached hydrogens (tertiary/aromatic N) is 4. The molecule has 0 radical (unpaired) electrons. The minimum atomic E-state index is 0.659. The first-order valence-electron chi connectivity index (χ1n) is 4.37. The number of H-pyrrole nitrogens is 1. The number of rotatable bonds is 4. The Hall–Kier alpha value is -1.47. The minimum absolute atomic E-state index is 0.659. The summed E-state index contributed by atoms with van der Waals surface area (Å²) in [6.45, 7) is 0.771. The molecule has 0 saturated heterocycles. The molecule has 78 valence electrons. The van der Waals surface area contributed by atoms with Crippen LogP contribution in [0.1, 0.15) is 5.56 Å². The Kier molecular flexibility index (Phi) is 3.25. The van der Waals surface area contributed by atoms with Crippen molar-refractivity contribution in [1.29, 1.82) is 0 Å². The van der Waals surface area contributed by atoms with E-state index in [0.29, 0.717) is 10.3 Å². The van der Waals surface area contributed by atoms with Gasteiger partial charge in [0.05, 0.1) is 0 Å². The molecule has 0 spiro atoms. The largest absolute Gasteiger partial charge is 0.316 e. The zero-order valence-electron chi connectivity index (χ0n) is 8.14. The van der Waals surface area contributed by atoms with Crippen molar-refractivity contribution in [2.24, 2.45) is 0 Å². The third-order valence-corrected chi connectivity index (χ3v) is 2.43. The first-order valence-corrected chi connectivity index (χ1v) is 5.19. The van der Waals surface area contributed by atoms with Gasteiger partial charge in [-0.2, -0.15) is 5.10 Å². The lowest BCUT2D eigenvalue weighted by molar-refractivity contribution is 0.792. The molecule has 0 amide bonds. The molecule has 0 unspecified atom stereocenters. The van der Waals surface area contributed by atoms with Crippen LogP contribution in [0.5, 0.6) is 0 Å². The van der Waals surface area contributed by atoms with Gasteiger partial charge in [0.1, 0.15) is 6.33 Å². The Labute approximate surface area is 90.9 Å². The van der Waals surface area contributed by atoms with E-state index >= 15 is 0 Å². The fourth-order valence-corrected chi connectivity index (χ4v) is 1.60. The molecule has 2 aromatic heterocycles. The molecular formula is C8H10N6S. The van der Waals surface area contributed by atoms with Crippen molar-refractivity contribution in [3.8, 4) is 0 Å². The second-order valence-electron chi connectivity index (χ2n) is 2.80. The maximum Gasteiger partial charge on any atom is 0.195 e. The number of hydrogen-bond donors (Lipinski definition) is 2. The molecule has 0 atom stereocenters. The van der Waals surface area contributed by atoms with E-state index in [4.69, 9.17) is 0 Å². The monoisotopic (exact) mass is 222 g/mol. The molecule has 15 heavy (non-hydrogen) atoms. The predicted octanol–water partition coefficient (Wildman–Crippen LogP) is 0.465. The van der Waals surface area contributed by atoms with E-state index in [0.717, 1.165) is 12.1 Å². The lowest BCUT2D eigenvalue weighted by Gasteiger charge is -1.99. The maximum atomic E-state index is 4.20. The number of aromatic nitrogens is 5. The van der Waals surface area contributed by atoms with Gasteiger partial charge in [-0.25, -0.2) is 15.0 Å². The highest BCUT2D eigenvalue weighted by molar-refractivity contribution is 7.99. The van der Waals surface area contributed by atoms with Gasteiger partial charge >= 0.3 is 0 Å². The summed E-state index contributed by atoms with van der Waals surface area (Å²) in [5.74, 6) is 0. The smallest absolute Gasteiger partial charge is 0.195 e. The molecule has 0 bridgehead atoms.